The van der Waals surface area contributed by atoms with E-state index in [4.69, 9.17) is 9.47 Å². The molecule has 3 aromatic carbocycles. The van der Waals surface area contributed by atoms with Crippen molar-refractivity contribution in [2.75, 3.05) is 6.61 Å². The molecule has 2 unspecified atom stereocenters. The lowest BCUT2D eigenvalue weighted by atomic mass is 9.75. The largest absolute Gasteiger partial charge is 0.489 e. The van der Waals surface area contributed by atoms with Crippen molar-refractivity contribution in [2.45, 2.75) is 70.2 Å². The number of halogens is 3. The molecule has 1 saturated heterocycles. The van der Waals surface area contributed by atoms with Crippen LogP contribution in [0.2, 0.25) is 0 Å². The highest BCUT2D eigenvalue weighted by molar-refractivity contribution is 5.65. The van der Waals surface area contributed by atoms with Crippen LogP contribution >= 0.6 is 0 Å². The first kappa shape index (κ1) is 25.8. The van der Waals surface area contributed by atoms with Gasteiger partial charge in [-0.05, 0) is 72.8 Å². The Balaban J connectivity index is 1.21. The molecule has 1 N–H and O–H groups in total. The van der Waals surface area contributed by atoms with Gasteiger partial charge in [0, 0.05) is 17.2 Å². The molecule has 3 nitrogen and oxygen atoms in total. The zero-order valence-electron chi connectivity index (χ0n) is 21.1. The van der Waals surface area contributed by atoms with Crippen LogP contribution in [0, 0.1) is 23.4 Å². The Bertz CT molecular complexity index is 1220. The van der Waals surface area contributed by atoms with Crippen LogP contribution in [-0.4, -0.2) is 17.8 Å². The molecular formula is C31H33F3O3. The Morgan fingerprint density at radius 2 is 1.62 bits per heavy atom. The second-order valence-electron chi connectivity index (χ2n) is 10.3. The number of ether oxygens (including phenoxy) is 2. The van der Waals surface area contributed by atoms with Crippen LogP contribution in [-0.2, 0) is 11.3 Å². The number of aliphatic hydroxyl groups excluding tert-OH is 1. The van der Waals surface area contributed by atoms with Gasteiger partial charge in [0.15, 0.2) is 11.6 Å². The van der Waals surface area contributed by atoms with Crippen molar-refractivity contribution in [2.24, 2.45) is 5.92 Å². The van der Waals surface area contributed by atoms with E-state index in [1.807, 2.05) is 0 Å². The number of hydrogen-bond donors (Lipinski definition) is 1. The van der Waals surface area contributed by atoms with E-state index in [0.29, 0.717) is 29.0 Å². The zero-order valence-corrected chi connectivity index (χ0v) is 21.1. The summed E-state index contributed by atoms with van der Waals surface area (Å²) in [5, 5.41) is 10.3. The minimum atomic E-state index is -0.829. The monoisotopic (exact) mass is 510 g/mol. The fourth-order valence-electron chi connectivity index (χ4n) is 5.48. The molecule has 6 heteroatoms. The summed E-state index contributed by atoms with van der Waals surface area (Å²) >= 11 is 0. The van der Waals surface area contributed by atoms with Crippen LogP contribution in [0.4, 0.5) is 13.2 Å². The van der Waals surface area contributed by atoms with E-state index in [1.54, 1.807) is 48.5 Å². The van der Waals surface area contributed by atoms with Gasteiger partial charge in [0.05, 0.1) is 12.7 Å². The van der Waals surface area contributed by atoms with Crippen molar-refractivity contribution < 1.29 is 27.8 Å². The molecule has 2 atom stereocenters. The van der Waals surface area contributed by atoms with Crippen LogP contribution in [0.25, 0.3) is 11.1 Å². The highest BCUT2D eigenvalue weighted by atomic mass is 19.2. The molecule has 0 radical (unpaired) electrons. The van der Waals surface area contributed by atoms with E-state index in [9.17, 15) is 9.50 Å². The standard InChI is InChI=1S/C31H33F3O3/c1-2-3-28(35)22-10-8-21(9-11-22)25-15-14-24(30(33)31(25)34)20-6-4-19(5-7-20)17-36-23-12-13-26(27(32)16-23)29-18-37-29/h4-7,12-16,21-22,28-29,35H,2-3,8-11,17-18H2,1H3. The molecule has 0 aromatic heterocycles. The minimum absolute atomic E-state index is 0.0242. The van der Waals surface area contributed by atoms with E-state index >= 15 is 8.78 Å². The first-order valence-corrected chi connectivity index (χ1v) is 13.2. The molecule has 0 amide bonds. The van der Waals surface area contributed by atoms with E-state index in [-0.39, 0.29) is 42.0 Å². The van der Waals surface area contributed by atoms with E-state index in [2.05, 4.69) is 6.92 Å². The Hall–Kier alpha value is -2.83. The minimum Gasteiger partial charge on any atom is -0.489 e. The summed E-state index contributed by atoms with van der Waals surface area (Å²) in [6.45, 7) is 2.83. The van der Waals surface area contributed by atoms with Crippen molar-refractivity contribution >= 4 is 0 Å². The first-order valence-electron chi connectivity index (χ1n) is 13.2. The third-order valence-electron chi connectivity index (χ3n) is 7.78. The molecule has 37 heavy (non-hydrogen) atoms. The number of epoxide rings is 1. The fraction of sp³-hybridized carbons (Fsp3) is 0.419. The molecule has 1 heterocycles. The maximum absolute atomic E-state index is 15.1. The third-order valence-corrected chi connectivity index (χ3v) is 7.78. The van der Waals surface area contributed by atoms with Gasteiger partial charge in [-0.1, -0.05) is 49.7 Å². The SMILES string of the molecule is CCCC(O)C1CCC(c2ccc(-c3ccc(COc4ccc(C5CO5)c(F)c4)cc3)c(F)c2F)CC1. The molecule has 0 bridgehead atoms. The smallest absolute Gasteiger partial charge is 0.166 e. The summed E-state index contributed by atoms with van der Waals surface area (Å²) < 4.78 is 55.2. The first-order chi connectivity index (χ1) is 17.9. The molecule has 1 aliphatic heterocycles. The van der Waals surface area contributed by atoms with Gasteiger partial charge in [0.25, 0.3) is 0 Å². The second kappa shape index (κ2) is 11.3. The van der Waals surface area contributed by atoms with Crippen LogP contribution in [0.1, 0.15) is 74.2 Å². The van der Waals surface area contributed by atoms with E-state index in [0.717, 1.165) is 44.1 Å². The summed E-state index contributed by atoms with van der Waals surface area (Å²) in [5.74, 6) is -1.30. The summed E-state index contributed by atoms with van der Waals surface area (Å²) in [7, 11) is 0. The van der Waals surface area contributed by atoms with Crippen LogP contribution in [0.5, 0.6) is 5.75 Å². The van der Waals surface area contributed by atoms with Crippen molar-refractivity contribution in [1.29, 1.82) is 0 Å². The average Bonchev–Trinajstić information content (AvgIpc) is 3.75. The van der Waals surface area contributed by atoms with Crippen LogP contribution in [0.15, 0.2) is 54.6 Å². The number of benzene rings is 3. The van der Waals surface area contributed by atoms with Crippen LogP contribution in [0.3, 0.4) is 0 Å². The van der Waals surface area contributed by atoms with Crippen LogP contribution < -0.4 is 4.74 Å². The van der Waals surface area contributed by atoms with Crippen molar-refractivity contribution in [3.8, 4) is 16.9 Å². The average molecular weight is 511 g/mol. The van der Waals surface area contributed by atoms with Crippen molar-refractivity contribution in [3.05, 3.63) is 88.7 Å². The predicted octanol–water partition coefficient (Wildman–Crippen LogP) is 7.86. The Kier molecular flexibility index (Phi) is 7.87. The predicted molar refractivity (Wildman–Crippen MR) is 137 cm³/mol. The highest BCUT2D eigenvalue weighted by Gasteiger charge is 2.30. The summed E-state index contributed by atoms with van der Waals surface area (Å²) in [4.78, 5) is 0. The van der Waals surface area contributed by atoms with Gasteiger partial charge in [-0.25, -0.2) is 13.2 Å². The van der Waals surface area contributed by atoms with Gasteiger partial charge in [0.2, 0.25) is 0 Å². The highest BCUT2D eigenvalue weighted by Crippen LogP contribution is 2.40. The number of hydrogen-bond acceptors (Lipinski definition) is 3. The quantitative estimate of drug-likeness (QED) is 0.298. The van der Waals surface area contributed by atoms with Gasteiger partial charge in [-0.15, -0.1) is 0 Å². The zero-order chi connectivity index (χ0) is 25.9. The molecule has 5 rings (SSSR count). The molecular weight excluding hydrogens is 477 g/mol. The lowest BCUT2D eigenvalue weighted by Gasteiger charge is -2.32. The third kappa shape index (κ3) is 5.86. The Morgan fingerprint density at radius 3 is 2.27 bits per heavy atom. The maximum atomic E-state index is 15.1. The Morgan fingerprint density at radius 1 is 0.919 bits per heavy atom. The lowest BCUT2D eigenvalue weighted by molar-refractivity contribution is 0.0727. The summed E-state index contributed by atoms with van der Waals surface area (Å²) in [5.41, 5.74) is 2.61. The van der Waals surface area contributed by atoms with Gasteiger partial charge >= 0.3 is 0 Å². The fourth-order valence-corrected chi connectivity index (χ4v) is 5.48. The summed E-state index contributed by atoms with van der Waals surface area (Å²) in [6, 6.07) is 15.2. The number of aliphatic hydroxyl groups is 1. The topological polar surface area (TPSA) is 42.0 Å². The van der Waals surface area contributed by atoms with Crippen molar-refractivity contribution in [1.82, 2.24) is 0 Å². The number of rotatable bonds is 9. The van der Waals surface area contributed by atoms with E-state index < -0.39 is 11.6 Å². The Labute approximate surface area is 216 Å². The molecule has 0 spiro atoms. The van der Waals surface area contributed by atoms with Gasteiger partial charge in [-0.3, -0.25) is 0 Å². The molecule has 196 valence electrons. The maximum Gasteiger partial charge on any atom is 0.166 e. The van der Waals surface area contributed by atoms with Gasteiger partial charge in [-0.2, -0.15) is 0 Å². The second-order valence-corrected chi connectivity index (χ2v) is 10.3. The van der Waals surface area contributed by atoms with Crippen molar-refractivity contribution in [3.63, 3.8) is 0 Å². The van der Waals surface area contributed by atoms with E-state index in [1.165, 1.54) is 6.07 Å². The molecule has 2 fully saturated rings. The molecule has 1 aliphatic carbocycles. The normalized spacial score (nSPS) is 22.0. The van der Waals surface area contributed by atoms with Gasteiger partial charge in [0.1, 0.15) is 24.3 Å². The van der Waals surface area contributed by atoms with Gasteiger partial charge < -0.3 is 14.6 Å². The lowest BCUT2D eigenvalue weighted by Crippen LogP contribution is -2.25. The molecule has 3 aromatic rings. The molecule has 1 saturated carbocycles. The summed E-state index contributed by atoms with van der Waals surface area (Å²) in [6.07, 6.45) is 4.48. The molecule has 2 aliphatic rings.